The minimum atomic E-state index is 0.890. The van der Waals surface area contributed by atoms with Crippen molar-refractivity contribution in [1.82, 2.24) is 24.5 Å². The maximum absolute atomic E-state index is 4.91. The Balaban J connectivity index is 1.33. The second-order valence-electron chi connectivity index (χ2n) is 7.49. The third-order valence-corrected chi connectivity index (χ3v) is 5.59. The number of nitrogens with zero attached hydrogens (tertiary/aromatic N) is 6. The summed E-state index contributed by atoms with van der Waals surface area (Å²) >= 11 is 0. The van der Waals surface area contributed by atoms with Gasteiger partial charge >= 0.3 is 0 Å². The number of hydrogen-bond donors (Lipinski definition) is 0. The SMILES string of the molecule is Cc1c(-c2ccccc2)nc2ccc(N3CCN(Cc4ccncc4)CC3)nn12. The average molecular weight is 384 g/mol. The van der Waals surface area contributed by atoms with Crippen LogP contribution in [0, 0.1) is 6.92 Å². The van der Waals surface area contributed by atoms with E-state index >= 15 is 0 Å². The fraction of sp³-hybridized carbons (Fsp3) is 0.261. The number of rotatable bonds is 4. The first-order valence-electron chi connectivity index (χ1n) is 10.1. The van der Waals surface area contributed by atoms with Gasteiger partial charge < -0.3 is 4.90 Å². The molecule has 1 aliphatic rings. The number of aromatic nitrogens is 4. The molecule has 0 saturated carbocycles. The summed E-state index contributed by atoms with van der Waals surface area (Å²) in [5.41, 5.74) is 5.40. The highest BCUT2D eigenvalue weighted by atomic mass is 15.4. The summed E-state index contributed by atoms with van der Waals surface area (Å²) in [5, 5.41) is 4.91. The molecular weight excluding hydrogens is 360 g/mol. The normalized spacial score (nSPS) is 15.1. The first-order valence-corrected chi connectivity index (χ1v) is 10.1. The van der Waals surface area contributed by atoms with E-state index < -0.39 is 0 Å². The van der Waals surface area contributed by atoms with Gasteiger partial charge in [-0.25, -0.2) is 9.50 Å². The second kappa shape index (κ2) is 7.64. The van der Waals surface area contributed by atoms with Crippen LogP contribution in [-0.2, 0) is 6.54 Å². The zero-order valence-electron chi connectivity index (χ0n) is 16.6. The highest BCUT2D eigenvalue weighted by Crippen LogP contribution is 2.24. The molecule has 1 fully saturated rings. The molecule has 0 aliphatic carbocycles. The van der Waals surface area contributed by atoms with Crippen molar-refractivity contribution < 1.29 is 0 Å². The molecule has 1 saturated heterocycles. The standard InChI is InChI=1S/C23H24N6/c1-18-23(20-5-3-2-4-6-20)25-21-7-8-22(26-29(18)21)28-15-13-27(14-16-28)17-19-9-11-24-12-10-19/h2-12H,13-17H2,1H3. The van der Waals surface area contributed by atoms with Crippen molar-refractivity contribution in [1.29, 1.82) is 0 Å². The molecule has 5 rings (SSSR count). The third kappa shape index (κ3) is 3.59. The highest BCUT2D eigenvalue weighted by Gasteiger charge is 2.19. The molecule has 0 bridgehead atoms. The van der Waals surface area contributed by atoms with Crippen LogP contribution in [0.15, 0.2) is 67.0 Å². The molecule has 146 valence electrons. The van der Waals surface area contributed by atoms with Crippen LogP contribution in [-0.4, -0.2) is 50.7 Å². The lowest BCUT2D eigenvalue weighted by molar-refractivity contribution is 0.249. The molecule has 0 amide bonds. The number of imidazole rings is 1. The molecule has 0 spiro atoms. The lowest BCUT2D eigenvalue weighted by atomic mass is 10.1. The number of aryl methyl sites for hydroxylation is 1. The molecular formula is C23H24N6. The third-order valence-electron chi connectivity index (χ3n) is 5.59. The molecule has 1 aliphatic heterocycles. The minimum Gasteiger partial charge on any atom is -0.353 e. The molecule has 0 radical (unpaired) electrons. The summed E-state index contributed by atoms with van der Waals surface area (Å²) in [7, 11) is 0. The molecule has 6 heteroatoms. The van der Waals surface area contributed by atoms with E-state index in [9.17, 15) is 0 Å². The Morgan fingerprint density at radius 3 is 2.38 bits per heavy atom. The fourth-order valence-electron chi connectivity index (χ4n) is 3.95. The van der Waals surface area contributed by atoms with Gasteiger partial charge in [-0.2, -0.15) is 0 Å². The zero-order chi connectivity index (χ0) is 19.6. The predicted octanol–water partition coefficient (Wildman–Crippen LogP) is 3.42. The van der Waals surface area contributed by atoms with E-state index in [0.29, 0.717) is 0 Å². The lowest BCUT2D eigenvalue weighted by Crippen LogP contribution is -2.46. The van der Waals surface area contributed by atoms with Crippen molar-refractivity contribution >= 4 is 11.5 Å². The van der Waals surface area contributed by atoms with E-state index in [4.69, 9.17) is 10.1 Å². The number of benzene rings is 1. The largest absolute Gasteiger partial charge is 0.353 e. The Labute approximate surface area is 170 Å². The van der Waals surface area contributed by atoms with E-state index in [-0.39, 0.29) is 0 Å². The van der Waals surface area contributed by atoms with Gasteiger partial charge in [0.15, 0.2) is 5.65 Å². The molecule has 4 heterocycles. The van der Waals surface area contributed by atoms with Crippen LogP contribution in [0.4, 0.5) is 5.82 Å². The Bertz CT molecular complexity index is 1100. The summed E-state index contributed by atoms with van der Waals surface area (Å²) in [6.07, 6.45) is 3.73. The first kappa shape index (κ1) is 17.8. The lowest BCUT2D eigenvalue weighted by Gasteiger charge is -2.35. The van der Waals surface area contributed by atoms with E-state index in [0.717, 1.165) is 61.1 Å². The van der Waals surface area contributed by atoms with Crippen molar-refractivity contribution in [2.24, 2.45) is 0 Å². The Morgan fingerprint density at radius 2 is 1.62 bits per heavy atom. The Kier molecular flexibility index (Phi) is 4.69. The number of fused-ring (bicyclic) bond motifs is 1. The van der Waals surface area contributed by atoms with Gasteiger partial charge in [-0.1, -0.05) is 30.3 Å². The van der Waals surface area contributed by atoms with Crippen molar-refractivity contribution in [3.63, 3.8) is 0 Å². The van der Waals surface area contributed by atoms with E-state index in [1.54, 1.807) is 0 Å². The molecule has 3 aromatic heterocycles. The van der Waals surface area contributed by atoms with Gasteiger partial charge in [-0.15, -0.1) is 5.10 Å². The average Bonchev–Trinajstić information content (AvgIpc) is 3.12. The summed E-state index contributed by atoms with van der Waals surface area (Å²) in [4.78, 5) is 13.7. The van der Waals surface area contributed by atoms with Crippen molar-refractivity contribution in [3.8, 4) is 11.3 Å². The van der Waals surface area contributed by atoms with Crippen LogP contribution in [0.3, 0.4) is 0 Å². The minimum absolute atomic E-state index is 0.890. The van der Waals surface area contributed by atoms with E-state index in [1.807, 2.05) is 35.1 Å². The van der Waals surface area contributed by atoms with Gasteiger partial charge in [0, 0.05) is 50.7 Å². The summed E-state index contributed by atoms with van der Waals surface area (Å²) < 4.78 is 1.97. The Morgan fingerprint density at radius 1 is 0.862 bits per heavy atom. The van der Waals surface area contributed by atoms with Gasteiger partial charge in [0.1, 0.15) is 5.82 Å². The van der Waals surface area contributed by atoms with Crippen molar-refractivity contribution in [2.75, 3.05) is 31.1 Å². The summed E-state index contributed by atoms with van der Waals surface area (Å²) in [6.45, 7) is 7.07. The first-order chi connectivity index (χ1) is 14.3. The van der Waals surface area contributed by atoms with Crippen LogP contribution < -0.4 is 4.90 Å². The molecule has 0 unspecified atom stereocenters. The number of piperazine rings is 1. The van der Waals surface area contributed by atoms with Gasteiger partial charge in [0.25, 0.3) is 0 Å². The highest BCUT2D eigenvalue weighted by molar-refractivity contribution is 5.66. The number of anilines is 1. The monoisotopic (exact) mass is 384 g/mol. The van der Waals surface area contributed by atoms with Crippen LogP contribution in [0.25, 0.3) is 16.9 Å². The molecule has 0 N–H and O–H groups in total. The maximum Gasteiger partial charge on any atom is 0.154 e. The van der Waals surface area contributed by atoms with Crippen molar-refractivity contribution in [2.45, 2.75) is 13.5 Å². The Hall–Kier alpha value is -3.25. The molecule has 1 aromatic carbocycles. The van der Waals surface area contributed by atoms with Crippen LogP contribution in [0.1, 0.15) is 11.3 Å². The molecule has 29 heavy (non-hydrogen) atoms. The maximum atomic E-state index is 4.91. The molecule has 0 atom stereocenters. The fourth-order valence-corrected chi connectivity index (χ4v) is 3.95. The summed E-state index contributed by atoms with van der Waals surface area (Å²) in [5.74, 6) is 1.01. The van der Waals surface area contributed by atoms with Crippen LogP contribution in [0.2, 0.25) is 0 Å². The zero-order valence-corrected chi connectivity index (χ0v) is 16.6. The van der Waals surface area contributed by atoms with Crippen LogP contribution in [0.5, 0.6) is 0 Å². The van der Waals surface area contributed by atoms with Gasteiger partial charge in [-0.3, -0.25) is 9.88 Å². The van der Waals surface area contributed by atoms with Gasteiger partial charge in [-0.05, 0) is 36.8 Å². The van der Waals surface area contributed by atoms with Crippen molar-refractivity contribution in [3.05, 3.63) is 78.2 Å². The smallest absolute Gasteiger partial charge is 0.154 e. The van der Waals surface area contributed by atoms with Crippen LogP contribution >= 0.6 is 0 Å². The molecule has 4 aromatic rings. The van der Waals surface area contributed by atoms with Gasteiger partial charge in [0.2, 0.25) is 0 Å². The predicted molar refractivity (Wildman–Crippen MR) is 115 cm³/mol. The van der Waals surface area contributed by atoms with E-state index in [2.05, 4.69) is 58.1 Å². The summed E-state index contributed by atoms with van der Waals surface area (Å²) in [6, 6.07) is 18.7. The molecule has 6 nitrogen and oxygen atoms in total. The topological polar surface area (TPSA) is 49.6 Å². The number of pyridine rings is 1. The quantitative estimate of drug-likeness (QED) is 0.540. The van der Waals surface area contributed by atoms with Gasteiger partial charge in [0.05, 0.1) is 11.4 Å². The van der Waals surface area contributed by atoms with E-state index in [1.165, 1.54) is 5.56 Å². The second-order valence-corrected chi connectivity index (χ2v) is 7.49. The number of hydrogen-bond acceptors (Lipinski definition) is 5.